The van der Waals surface area contributed by atoms with Gasteiger partial charge < -0.3 is 15.4 Å². The van der Waals surface area contributed by atoms with Crippen LogP contribution in [-0.2, 0) is 11.3 Å². The SMILES string of the molecule is COCCN(C)c1ccc(CN)nc1. The molecule has 0 radical (unpaired) electrons. The van der Waals surface area contributed by atoms with E-state index in [0.29, 0.717) is 6.54 Å². The highest BCUT2D eigenvalue weighted by Gasteiger charge is 2.00. The van der Waals surface area contributed by atoms with Gasteiger partial charge in [-0.15, -0.1) is 0 Å². The number of anilines is 1. The van der Waals surface area contributed by atoms with Crippen molar-refractivity contribution in [1.82, 2.24) is 4.98 Å². The van der Waals surface area contributed by atoms with E-state index in [1.54, 1.807) is 7.11 Å². The first-order chi connectivity index (χ1) is 6.77. The molecule has 0 aliphatic heterocycles. The number of hydrogen-bond donors (Lipinski definition) is 1. The first kappa shape index (κ1) is 10.9. The number of likely N-dealkylation sites (N-methyl/N-ethyl adjacent to an activating group) is 1. The number of ether oxygens (including phenoxy) is 1. The minimum atomic E-state index is 0.488. The summed E-state index contributed by atoms with van der Waals surface area (Å²) in [4.78, 5) is 6.31. The third-order valence-corrected chi connectivity index (χ3v) is 2.09. The lowest BCUT2D eigenvalue weighted by Crippen LogP contribution is -2.22. The predicted octanol–water partition coefficient (Wildman–Crippen LogP) is 0.623. The molecule has 1 rings (SSSR count). The van der Waals surface area contributed by atoms with Crippen molar-refractivity contribution in [1.29, 1.82) is 0 Å². The van der Waals surface area contributed by atoms with E-state index in [0.717, 1.165) is 24.5 Å². The Labute approximate surface area is 84.7 Å². The maximum absolute atomic E-state index is 5.46. The van der Waals surface area contributed by atoms with E-state index in [-0.39, 0.29) is 0 Å². The predicted molar refractivity (Wildman–Crippen MR) is 57.3 cm³/mol. The van der Waals surface area contributed by atoms with Crippen molar-refractivity contribution in [3.05, 3.63) is 24.0 Å². The molecule has 78 valence electrons. The molecule has 0 saturated heterocycles. The Morgan fingerprint density at radius 3 is 2.79 bits per heavy atom. The van der Waals surface area contributed by atoms with Gasteiger partial charge in [-0.25, -0.2) is 0 Å². The van der Waals surface area contributed by atoms with Crippen LogP contribution in [0, 0.1) is 0 Å². The van der Waals surface area contributed by atoms with E-state index in [2.05, 4.69) is 9.88 Å². The van der Waals surface area contributed by atoms with Crippen LogP contribution in [-0.4, -0.2) is 32.3 Å². The number of nitrogens with two attached hydrogens (primary N) is 1. The van der Waals surface area contributed by atoms with Gasteiger partial charge in [0, 0.05) is 27.2 Å². The zero-order chi connectivity index (χ0) is 10.4. The van der Waals surface area contributed by atoms with Crippen molar-refractivity contribution in [3.8, 4) is 0 Å². The molecule has 2 N–H and O–H groups in total. The monoisotopic (exact) mass is 195 g/mol. The van der Waals surface area contributed by atoms with Crippen molar-refractivity contribution >= 4 is 5.69 Å². The zero-order valence-electron chi connectivity index (χ0n) is 8.73. The van der Waals surface area contributed by atoms with Gasteiger partial charge in [0.25, 0.3) is 0 Å². The summed E-state index contributed by atoms with van der Waals surface area (Å²) in [5.74, 6) is 0. The Morgan fingerprint density at radius 1 is 1.50 bits per heavy atom. The van der Waals surface area contributed by atoms with Crippen LogP contribution in [0.25, 0.3) is 0 Å². The molecule has 1 aromatic heterocycles. The molecule has 0 bridgehead atoms. The van der Waals surface area contributed by atoms with Crippen LogP contribution in [0.1, 0.15) is 5.69 Å². The normalized spacial score (nSPS) is 10.2. The van der Waals surface area contributed by atoms with Gasteiger partial charge in [0.2, 0.25) is 0 Å². The van der Waals surface area contributed by atoms with Crippen LogP contribution in [0.3, 0.4) is 0 Å². The van der Waals surface area contributed by atoms with Crippen LogP contribution >= 0.6 is 0 Å². The summed E-state index contributed by atoms with van der Waals surface area (Å²) >= 11 is 0. The zero-order valence-corrected chi connectivity index (χ0v) is 8.73. The maximum Gasteiger partial charge on any atom is 0.0637 e. The minimum Gasteiger partial charge on any atom is -0.383 e. The highest BCUT2D eigenvalue weighted by Crippen LogP contribution is 2.10. The molecule has 4 heteroatoms. The Balaban J connectivity index is 2.57. The molecule has 1 aromatic rings. The molecule has 0 atom stereocenters. The highest BCUT2D eigenvalue weighted by molar-refractivity contribution is 5.43. The lowest BCUT2D eigenvalue weighted by Gasteiger charge is -2.18. The molecule has 0 unspecified atom stereocenters. The first-order valence-corrected chi connectivity index (χ1v) is 4.63. The highest BCUT2D eigenvalue weighted by atomic mass is 16.5. The van der Waals surface area contributed by atoms with Crippen molar-refractivity contribution in [3.63, 3.8) is 0 Å². The van der Waals surface area contributed by atoms with Crippen LogP contribution in [0.2, 0.25) is 0 Å². The Kier molecular flexibility index (Phi) is 4.35. The third kappa shape index (κ3) is 2.97. The fourth-order valence-electron chi connectivity index (χ4n) is 1.12. The summed E-state index contributed by atoms with van der Waals surface area (Å²) in [7, 11) is 3.71. The van der Waals surface area contributed by atoms with Crippen molar-refractivity contribution in [2.45, 2.75) is 6.54 Å². The van der Waals surface area contributed by atoms with E-state index >= 15 is 0 Å². The molecule has 0 amide bonds. The molecule has 0 saturated carbocycles. The fourth-order valence-corrected chi connectivity index (χ4v) is 1.12. The number of aromatic nitrogens is 1. The van der Waals surface area contributed by atoms with Crippen molar-refractivity contribution in [2.75, 3.05) is 32.2 Å². The van der Waals surface area contributed by atoms with Crippen LogP contribution in [0.5, 0.6) is 0 Å². The van der Waals surface area contributed by atoms with Gasteiger partial charge in [0.05, 0.1) is 24.2 Å². The summed E-state index contributed by atoms with van der Waals surface area (Å²) in [6.07, 6.45) is 1.83. The molecule has 0 aliphatic carbocycles. The Morgan fingerprint density at radius 2 is 2.29 bits per heavy atom. The summed E-state index contributed by atoms with van der Waals surface area (Å²) in [5.41, 5.74) is 7.45. The molecular weight excluding hydrogens is 178 g/mol. The van der Waals surface area contributed by atoms with E-state index in [9.17, 15) is 0 Å². The van der Waals surface area contributed by atoms with Gasteiger partial charge in [0.1, 0.15) is 0 Å². The summed E-state index contributed by atoms with van der Waals surface area (Å²) < 4.78 is 5.00. The number of rotatable bonds is 5. The second-order valence-electron chi connectivity index (χ2n) is 3.13. The second-order valence-corrected chi connectivity index (χ2v) is 3.13. The average Bonchev–Trinajstić information content (AvgIpc) is 2.26. The largest absolute Gasteiger partial charge is 0.383 e. The van der Waals surface area contributed by atoms with Gasteiger partial charge in [-0.1, -0.05) is 0 Å². The minimum absolute atomic E-state index is 0.488. The molecule has 0 fully saturated rings. The van der Waals surface area contributed by atoms with E-state index in [1.165, 1.54) is 0 Å². The second kappa shape index (κ2) is 5.57. The van der Waals surface area contributed by atoms with Crippen molar-refractivity contribution in [2.24, 2.45) is 5.73 Å². The van der Waals surface area contributed by atoms with Crippen LogP contribution < -0.4 is 10.6 Å². The number of hydrogen-bond acceptors (Lipinski definition) is 4. The van der Waals surface area contributed by atoms with Crippen LogP contribution in [0.4, 0.5) is 5.69 Å². The lowest BCUT2D eigenvalue weighted by molar-refractivity contribution is 0.206. The lowest BCUT2D eigenvalue weighted by atomic mass is 10.3. The Hall–Kier alpha value is -1.13. The molecular formula is C10H17N3O. The van der Waals surface area contributed by atoms with E-state index in [4.69, 9.17) is 10.5 Å². The molecule has 4 nitrogen and oxygen atoms in total. The number of nitrogens with zero attached hydrogens (tertiary/aromatic N) is 2. The molecule has 0 aromatic carbocycles. The summed E-state index contributed by atoms with van der Waals surface area (Å²) in [6, 6.07) is 3.96. The standard InChI is InChI=1S/C10H17N3O/c1-13(5-6-14-2)10-4-3-9(7-11)12-8-10/h3-4,8H,5-7,11H2,1-2H3. The molecule has 1 heterocycles. The Bertz CT molecular complexity index is 261. The number of pyridine rings is 1. The van der Waals surface area contributed by atoms with Gasteiger partial charge in [-0.05, 0) is 12.1 Å². The van der Waals surface area contributed by atoms with Gasteiger partial charge >= 0.3 is 0 Å². The van der Waals surface area contributed by atoms with Gasteiger partial charge in [0.15, 0.2) is 0 Å². The molecule has 0 spiro atoms. The van der Waals surface area contributed by atoms with Crippen molar-refractivity contribution < 1.29 is 4.74 Å². The fraction of sp³-hybridized carbons (Fsp3) is 0.500. The quantitative estimate of drug-likeness (QED) is 0.748. The third-order valence-electron chi connectivity index (χ3n) is 2.09. The van der Waals surface area contributed by atoms with E-state index < -0.39 is 0 Å². The smallest absolute Gasteiger partial charge is 0.0637 e. The maximum atomic E-state index is 5.46. The average molecular weight is 195 g/mol. The topological polar surface area (TPSA) is 51.4 Å². The first-order valence-electron chi connectivity index (χ1n) is 4.63. The number of methoxy groups -OCH3 is 1. The van der Waals surface area contributed by atoms with E-state index in [1.807, 2.05) is 25.4 Å². The summed E-state index contributed by atoms with van der Waals surface area (Å²) in [6.45, 7) is 2.07. The van der Waals surface area contributed by atoms with Gasteiger partial charge in [-0.2, -0.15) is 0 Å². The molecule has 0 aliphatic rings. The van der Waals surface area contributed by atoms with Crippen LogP contribution in [0.15, 0.2) is 18.3 Å². The summed E-state index contributed by atoms with van der Waals surface area (Å²) in [5, 5.41) is 0. The van der Waals surface area contributed by atoms with Gasteiger partial charge in [-0.3, -0.25) is 4.98 Å². The molecule has 14 heavy (non-hydrogen) atoms.